The van der Waals surface area contributed by atoms with E-state index in [4.69, 9.17) is 4.84 Å². The first-order valence-electron chi connectivity index (χ1n) is 13.3. The summed E-state index contributed by atoms with van der Waals surface area (Å²) in [5, 5.41) is 36.9. The van der Waals surface area contributed by atoms with Gasteiger partial charge < -0.3 is 20.2 Å². The Bertz CT molecular complexity index is 1090. The zero-order chi connectivity index (χ0) is 25.7. The van der Waals surface area contributed by atoms with Gasteiger partial charge in [-0.25, -0.2) is 0 Å². The van der Waals surface area contributed by atoms with Crippen molar-refractivity contribution in [3.05, 3.63) is 46.0 Å². The molecule has 3 fully saturated rings. The number of allylic oxidation sites excluding steroid dienone is 2. The minimum Gasteiger partial charge on any atom is -0.395 e. The first kappa shape index (κ1) is 26.1. The molecule has 1 aromatic rings. The second-order valence-electron chi connectivity index (χ2n) is 11.9. The van der Waals surface area contributed by atoms with Crippen molar-refractivity contribution in [1.29, 1.82) is 0 Å². The number of carbonyl (C=O) groups excluding carboxylic acids is 1. The molecular weight excluding hydrogens is 522 g/mol. The van der Waals surface area contributed by atoms with E-state index in [-0.39, 0.29) is 23.2 Å². The average molecular weight is 561 g/mol. The van der Waals surface area contributed by atoms with Crippen molar-refractivity contribution in [2.75, 3.05) is 13.2 Å². The maximum Gasteiger partial charge on any atom is 0.190 e. The lowest BCUT2D eigenvalue weighted by atomic mass is 9.45. The number of aliphatic hydroxyl groups excluding tert-OH is 2. The minimum absolute atomic E-state index is 0.0983. The summed E-state index contributed by atoms with van der Waals surface area (Å²) in [5.41, 5.74) is 1.14. The number of hydrogen-bond donors (Lipinski definition) is 3. The molecule has 36 heavy (non-hydrogen) atoms. The Kier molecular flexibility index (Phi) is 6.99. The van der Waals surface area contributed by atoms with E-state index >= 15 is 0 Å². The maximum absolute atomic E-state index is 12.6. The summed E-state index contributed by atoms with van der Waals surface area (Å²) in [5.74, 6) is 0.0165. The Balaban J connectivity index is 1.31. The number of rotatable bonds is 6. The summed E-state index contributed by atoms with van der Waals surface area (Å²) >= 11 is 3.50. The molecule has 196 valence electrons. The first-order valence-corrected chi connectivity index (χ1v) is 14.1. The molecule has 5 rings (SSSR count). The molecule has 4 aliphatic carbocycles. The molecule has 1 aromatic carbocycles. The molecule has 0 heterocycles. The van der Waals surface area contributed by atoms with Gasteiger partial charge in [0.15, 0.2) is 5.78 Å². The second-order valence-corrected chi connectivity index (χ2v) is 12.8. The molecule has 0 aliphatic heterocycles. The smallest absolute Gasteiger partial charge is 0.190 e. The van der Waals surface area contributed by atoms with Gasteiger partial charge in [0.1, 0.15) is 18.8 Å². The lowest BCUT2D eigenvalue weighted by Crippen LogP contribution is -2.62. The zero-order valence-corrected chi connectivity index (χ0v) is 22.8. The van der Waals surface area contributed by atoms with E-state index in [1.807, 2.05) is 19.1 Å². The van der Waals surface area contributed by atoms with Crippen LogP contribution in [0.5, 0.6) is 0 Å². The van der Waals surface area contributed by atoms with Gasteiger partial charge in [-0.2, -0.15) is 0 Å². The molecule has 0 bridgehead atoms. The highest BCUT2D eigenvalue weighted by atomic mass is 79.9. The predicted octanol–water partition coefficient (Wildman–Crippen LogP) is 4.59. The van der Waals surface area contributed by atoms with Gasteiger partial charge in [-0.1, -0.05) is 52.6 Å². The van der Waals surface area contributed by atoms with Crippen molar-refractivity contribution >= 4 is 27.4 Å². The van der Waals surface area contributed by atoms with E-state index in [1.165, 1.54) is 11.1 Å². The summed E-state index contributed by atoms with van der Waals surface area (Å²) in [6.45, 7) is 4.12. The lowest BCUT2D eigenvalue weighted by Gasteiger charge is -2.60. The molecular formula is C29H38BrNO5. The number of nitrogens with zero attached hydrogens (tertiary/aromatic N) is 1. The Hall–Kier alpha value is -1.54. The van der Waals surface area contributed by atoms with Crippen LogP contribution >= 0.6 is 15.9 Å². The molecule has 3 N–H and O–H groups in total. The van der Waals surface area contributed by atoms with Crippen LogP contribution in [0.25, 0.3) is 0 Å². The highest BCUT2D eigenvalue weighted by Gasteiger charge is 2.68. The summed E-state index contributed by atoms with van der Waals surface area (Å²) in [7, 11) is 0. The average Bonchev–Trinajstić information content (AvgIpc) is 3.12. The number of carbonyl (C=O) groups is 1. The van der Waals surface area contributed by atoms with Gasteiger partial charge >= 0.3 is 0 Å². The maximum atomic E-state index is 12.6. The van der Waals surface area contributed by atoms with Crippen molar-refractivity contribution in [2.45, 2.75) is 76.9 Å². The van der Waals surface area contributed by atoms with Crippen LogP contribution in [0.15, 0.2) is 45.5 Å². The number of Topliss-reactive ketones (excluding diaryl/α,β-unsaturated/α-hetero) is 1. The minimum atomic E-state index is -1.55. The number of benzene rings is 1. The summed E-state index contributed by atoms with van der Waals surface area (Å²) in [6, 6.07) is 8.20. The third kappa shape index (κ3) is 4.11. The number of oxime groups is 1. The van der Waals surface area contributed by atoms with E-state index in [9.17, 15) is 20.1 Å². The van der Waals surface area contributed by atoms with E-state index in [1.54, 1.807) is 0 Å². The molecule has 0 saturated heterocycles. The highest BCUT2D eigenvalue weighted by molar-refractivity contribution is 9.10. The largest absolute Gasteiger partial charge is 0.395 e. The third-order valence-corrected chi connectivity index (χ3v) is 10.7. The number of fused-ring (bicyclic) bond motifs is 5. The lowest BCUT2D eigenvalue weighted by molar-refractivity contribution is -0.181. The van der Waals surface area contributed by atoms with Gasteiger partial charge in [-0.3, -0.25) is 4.79 Å². The van der Waals surface area contributed by atoms with Crippen LogP contribution in [0.3, 0.4) is 0 Å². The molecule has 7 heteroatoms. The van der Waals surface area contributed by atoms with Gasteiger partial charge in [0, 0.05) is 16.3 Å². The monoisotopic (exact) mass is 559 g/mol. The van der Waals surface area contributed by atoms with Gasteiger partial charge in [0.05, 0.1) is 11.8 Å². The molecule has 0 spiro atoms. The van der Waals surface area contributed by atoms with Crippen LogP contribution in [0.1, 0.15) is 64.4 Å². The second kappa shape index (κ2) is 9.64. The SMILES string of the molecule is C[C@]12CCC(=NOCCc3cccc(Br)c3)C=C1CC[C@@H]1[C@@H]2[C@@H](O)C[C@@]2(C)[C@H]1CC[C@]2(O)C(=O)CO. The quantitative estimate of drug-likeness (QED) is 0.349. The molecule has 0 amide bonds. The van der Waals surface area contributed by atoms with Crippen molar-refractivity contribution < 1.29 is 25.0 Å². The molecule has 0 unspecified atom stereocenters. The standard InChI is InChI=1S/C29H38BrNO5/c1-27-11-8-21(31-36-13-10-18-4-3-5-20(30)14-18)15-19(27)6-7-22-23-9-12-29(35,25(34)17-32)28(23,2)16-24(33)26(22)27/h3-5,14-15,22-24,26,32-33,35H,6-13,16-17H2,1-2H3/t22-,23-,24-,26+,27-,28-,29-/m0/s1. The van der Waals surface area contributed by atoms with Gasteiger partial charge in [0.2, 0.25) is 0 Å². The highest BCUT2D eigenvalue weighted by Crippen LogP contribution is 2.67. The summed E-state index contributed by atoms with van der Waals surface area (Å²) in [4.78, 5) is 18.3. The Morgan fingerprint density at radius 3 is 2.78 bits per heavy atom. The number of halogens is 1. The van der Waals surface area contributed by atoms with Crippen LogP contribution in [0, 0.1) is 28.6 Å². The van der Waals surface area contributed by atoms with Crippen LogP contribution in [-0.2, 0) is 16.1 Å². The molecule has 0 aromatic heterocycles. The van der Waals surface area contributed by atoms with Gasteiger partial charge in [-0.05, 0) is 91.9 Å². The Labute approximate surface area is 221 Å². The van der Waals surface area contributed by atoms with Crippen molar-refractivity contribution in [1.82, 2.24) is 0 Å². The molecule has 6 nitrogen and oxygen atoms in total. The van der Waals surface area contributed by atoms with Gasteiger partial charge in [-0.15, -0.1) is 0 Å². The fourth-order valence-corrected chi connectivity index (χ4v) is 8.80. The molecule has 3 saturated carbocycles. The molecule has 4 aliphatic rings. The fraction of sp³-hybridized carbons (Fsp3) is 0.655. The summed E-state index contributed by atoms with van der Waals surface area (Å²) in [6.07, 6.45) is 7.51. The Morgan fingerprint density at radius 1 is 1.22 bits per heavy atom. The molecule has 0 radical (unpaired) electrons. The number of aliphatic hydroxyl groups is 3. The number of hydrogen-bond acceptors (Lipinski definition) is 6. The first-order chi connectivity index (χ1) is 17.1. The van der Waals surface area contributed by atoms with Crippen molar-refractivity contribution in [3.63, 3.8) is 0 Å². The van der Waals surface area contributed by atoms with E-state index in [0.29, 0.717) is 19.4 Å². The van der Waals surface area contributed by atoms with E-state index in [0.717, 1.165) is 48.7 Å². The number of ketones is 1. The van der Waals surface area contributed by atoms with Crippen LogP contribution in [0.2, 0.25) is 0 Å². The van der Waals surface area contributed by atoms with Crippen LogP contribution in [-0.4, -0.2) is 51.7 Å². The molecule has 7 atom stereocenters. The van der Waals surface area contributed by atoms with E-state index < -0.39 is 29.5 Å². The third-order valence-electron chi connectivity index (χ3n) is 10.2. The zero-order valence-electron chi connectivity index (χ0n) is 21.3. The summed E-state index contributed by atoms with van der Waals surface area (Å²) < 4.78 is 1.06. The topological polar surface area (TPSA) is 99.4 Å². The van der Waals surface area contributed by atoms with E-state index in [2.05, 4.69) is 46.2 Å². The van der Waals surface area contributed by atoms with Crippen LogP contribution in [0.4, 0.5) is 0 Å². The predicted molar refractivity (Wildman–Crippen MR) is 141 cm³/mol. The Morgan fingerprint density at radius 2 is 2.03 bits per heavy atom. The fourth-order valence-electron chi connectivity index (χ4n) is 8.35. The van der Waals surface area contributed by atoms with Crippen molar-refractivity contribution in [2.24, 2.45) is 33.7 Å². The van der Waals surface area contributed by atoms with Crippen molar-refractivity contribution in [3.8, 4) is 0 Å². The van der Waals surface area contributed by atoms with Gasteiger partial charge in [0.25, 0.3) is 0 Å². The van der Waals surface area contributed by atoms with Crippen LogP contribution < -0.4 is 0 Å². The normalized spacial score (nSPS) is 40.7.